The molecule has 0 aromatic rings. The lowest BCUT2D eigenvalue weighted by Gasteiger charge is -2.29. The summed E-state index contributed by atoms with van der Waals surface area (Å²) in [5.74, 6) is 1.36. The van der Waals surface area contributed by atoms with E-state index in [1.807, 2.05) is 0 Å². The van der Waals surface area contributed by atoms with E-state index in [0.29, 0.717) is 11.8 Å². The molecule has 0 N–H and O–H groups in total. The molecule has 2 rings (SSSR count). The van der Waals surface area contributed by atoms with Crippen molar-refractivity contribution in [2.45, 2.75) is 33.1 Å². The van der Waals surface area contributed by atoms with E-state index in [-0.39, 0.29) is 0 Å². The van der Waals surface area contributed by atoms with Gasteiger partial charge in [0.2, 0.25) is 0 Å². The Kier molecular flexibility index (Phi) is 2.39. The standard InChI is InChI=1S/C13H18/c1-10(2)12-9-5-7-11-6-3-4-8-13(11)12/h4,7-10,13H,3,5-6H2,1-2H3. The van der Waals surface area contributed by atoms with Gasteiger partial charge in [0, 0.05) is 5.92 Å². The molecular weight excluding hydrogens is 156 g/mol. The molecule has 2 aliphatic rings. The molecule has 0 fully saturated rings. The fourth-order valence-corrected chi connectivity index (χ4v) is 2.38. The van der Waals surface area contributed by atoms with Crippen LogP contribution >= 0.6 is 0 Å². The topological polar surface area (TPSA) is 0 Å². The van der Waals surface area contributed by atoms with Gasteiger partial charge < -0.3 is 0 Å². The number of fused-ring (bicyclic) bond motifs is 1. The van der Waals surface area contributed by atoms with Crippen LogP contribution in [0.15, 0.2) is 35.5 Å². The number of rotatable bonds is 1. The second kappa shape index (κ2) is 3.53. The van der Waals surface area contributed by atoms with Crippen LogP contribution < -0.4 is 0 Å². The van der Waals surface area contributed by atoms with Gasteiger partial charge in [0.05, 0.1) is 0 Å². The average molecular weight is 174 g/mol. The second-order valence-electron chi connectivity index (χ2n) is 4.32. The molecule has 13 heavy (non-hydrogen) atoms. The minimum Gasteiger partial charge on any atom is -0.0873 e. The Bertz CT molecular complexity index is 276. The zero-order chi connectivity index (χ0) is 9.26. The Hall–Kier alpha value is -0.780. The normalized spacial score (nSPS) is 26.8. The zero-order valence-electron chi connectivity index (χ0n) is 8.59. The van der Waals surface area contributed by atoms with E-state index < -0.39 is 0 Å². The Morgan fingerprint density at radius 3 is 2.92 bits per heavy atom. The lowest BCUT2D eigenvalue weighted by Crippen LogP contribution is -2.15. The summed E-state index contributed by atoms with van der Waals surface area (Å²) >= 11 is 0. The summed E-state index contributed by atoms with van der Waals surface area (Å²) in [4.78, 5) is 0. The van der Waals surface area contributed by atoms with Crippen LogP contribution in [-0.4, -0.2) is 0 Å². The third kappa shape index (κ3) is 1.63. The summed E-state index contributed by atoms with van der Waals surface area (Å²) in [6, 6.07) is 0. The highest BCUT2D eigenvalue weighted by atomic mass is 14.3. The number of allylic oxidation sites excluding steroid dienone is 6. The molecule has 0 heterocycles. The van der Waals surface area contributed by atoms with Crippen molar-refractivity contribution in [2.75, 3.05) is 0 Å². The van der Waals surface area contributed by atoms with Crippen molar-refractivity contribution >= 4 is 0 Å². The average Bonchev–Trinajstić information content (AvgIpc) is 2.17. The first-order chi connectivity index (χ1) is 6.29. The Labute approximate surface area is 81.0 Å². The minimum absolute atomic E-state index is 0.655. The van der Waals surface area contributed by atoms with Gasteiger partial charge in [-0.1, -0.05) is 49.3 Å². The fraction of sp³-hybridized carbons (Fsp3) is 0.538. The van der Waals surface area contributed by atoms with Gasteiger partial charge in [-0.15, -0.1) is 0 Å². The Morgan fingerprint density at radius 1 is 1.31 bits per heavy atom. The van der Waals surface area contributed by atoms with Gasteiger partial charge >= 0.3 is 0 Å². The summed E-state index contributed by atoms with van der Waals surface area (Å²) in [6.07, 6.45) is 13.2. The summed E-state index contributed by atoms with van der Waals surface area (Å²) in [5, 5.41) is 0. The van der Waals surface area contributed by atoms with Crippen LogP contribution in [0, 0.1) is 11.8 Å². The van der Waals surface area contributed by atoms with Gasteiger partial charge in [0.1, 0.15) is 0 Å². The van der Waals surface area contributed by atoms with Gasteiger partial charge in [-0.25, -0.2) is 0 Å². The molecule has 2 aliphatic carbocycles. The van der Waals surface area contributed by atoms with E-state index in [2.05, 4.69) is 38.2 Å². The largest absolute Gasteiger partial charge is 0.0873 e. The van der Waals surface area contributed by atoms with Gasteiger partial charge in [0.25, 0.3) is 0 Å². The minimum atomic E-state index is 0.655. The van der Waals surface area contributed by atoms with Crippen LogP contribution in [-0.2, 0) is 0 Å². The first-order valence-corrected chi connectivity index (χ1v) is 5.34. The Balaban J connectivity index is 2.27. The predicted molar refractivity (Wildman–Crippen MR) is 57.5 cm³/mol. The van der Waals surface area contributed by atoms with Crippen LogP contribution in [0.3, 0.4) is 0 Å². The molecule has 0 nitrogen and oxygen atoms in total. The van der Waals surface area contributed by atoms with Crippen LogP contribution in [0.2, 0.25) is 0 Å². The SMILES string of the molecule is CC(C)C1=CCC=C2CCC=CC21. The number of hydrogen-bond acceptors (Lipinski definition) is 0. The van der Waals surface area contributed by atoms with Gasteiger partial charge in [-0.3, -0.25) is 0 Å². The maximum absolute atomic E-state index is 2.42. The summed E-state index contributed by atoms with van der Waals surface area (Å²) in [6.45, 7) is 4.61. The maximum Gasteiger partial charge on any atom is 0.0190 e. The molecule has 0 saturated heterocycles. The second-order valence-corrected chi connectivity index (χ2v) is 4.32. The van der Waals surface area contributed by atoms with E-state index in [1.54, 1.807) is 11.1 Å². The highest BCUT2D eigenvalue weighted by Gasteiger charge is 2.22. The molecule has 0 amide bonds. The molecule has 0 radical (unpaired) electrons. The molecule has 0 aliphatic heterocycles. The lowest BCUT2D eigenvalue weighted by molar-refractivity contribution is 0.633. The van der Waals surface area contributed by atoms with E-state index in [1.165, 1.54) is 12.8 Å². The molecule has 70 valence electrons. The van der Waals surface area contributed by atoms with Gasteiger partial charge in [0.15, 0.2) is 0 Å². The zero-order valence-corrected chi connectivity index (χ0v) is 8.59. The molecular formula is C13H18. The highest BCUT2D eigenvalue weighted by Crippen LogP contribution is 2.36. The van der Waals surface area contributed by atoms with Crippen molar-refractivity contribution < 1.29 is 0 Å². The predicted octanol–water partition coefficient (Wildman–Crippen LogP) is 3.87. The van der Waals surface area contributed by atoms with E-state index in [0.717, 1.165) is 6.42 Å². The molecule has 0 aromatic carbocycles. The van der Waals surface area contributed by atoms with Crippen molar-refractivity contribution in [3.8, 4) is 0 Å². The quantitative estimate of drug-likeness (QED) is 0.529. The molecule has 1 unspecified atom stereocenters. The smallest absolute Gasteiger partial charge is 0.0190 e. The van der Waals surface area contributed by atoms with Gasteiger partial charge in [-0.05, 0) is 25.2 Å². The summed E-state index contributed by atoms with van der Waals surface area (Å²) < 4.78 is 0. The molecule has 0 spiro atoms. The van der Waals surface area contributed by atoms with Crippen molar-refractivity contribution in [1.29, 1.82) is 0 Å². The van der Waals surface area contributed by atoms with Crippen LogP contribution in [0.4, 0.5) is 0 Å². The summed E-state index contributed by atoms with van der Waals surface area (Å²) in [7, 11) is 0. The lowest BCUT2D eigenvalue weighted by atomic mass is 9.76. The molecule has 0 heteroatoms. The monoisotopic (exact) mass is 174 g/mol. The highest BCUT2D eigenvalue weighted by molar-refractivity contribution is 5.35. The van der Waals surface area contributed by atoms with E-state index >= 15 is 0 Å². The molecule has 0 saturated carbocycles. The van der Waals surface area contributed by atoms with Crippen molar-refractivity contribution in [2.24, 2.45) is 11.8 Å². The maximum atomic E-state index is 2.42. The van der Waals surface area contributed by atoms with Crippen molar-refractivity contribution in [3.63, 3.8) is 0 Å². The van der Waals surface area contributed by atoms with Crippen molar-refractivity contribution in [3.05, 3.63) is 35.5 Å². The van der Waals surface area contributed by atoms with E-state index in [9.17, 15) is 0 Å². The van der Waals surface area contributed by atoms with Crippen molar-refractivity contribution in [1.82, 2.24) is 0 Å². The van der Waals surface area contributed by atoms with Crippen LogP contribution in [0.25, 0.3) is 0 Å². The number of hydrogen-bond donors (Lipinski definition) is 0. The first kappa shape index (κ1) is 8.80. The Morgan fingerprint density at radius 2 is 2.15 bits per heavy atom. The fourth-order valence-electron chi connectivity index (χ4n) is 2.38. The first-order valence-electron chi connectivity index (χ1n) is 5.34. The molecule has 0 bridgehead atoms. The molecule has 1 atom stereocenters. The van der Waals surface area contributed by atoms with Crippen LogP contribution in [0.1, 0.15) is 33.1 Å². The van der Waals surface area contributed by atoms with Crippen LogP contribution in [0.5, 0.6) is 0 Å². The van der Waals surface area contributed by atoms with Gasteiger partial charge in [-0.2, -0.15) is 0 Å². The third-order valence-electron chi connectivity index (χ3n) is 3.09. The molecule has 0 aromatic heterocycles. The third-order valence-corrected chi connectivity index (χ3v) is 3.09. The summed E-state index contributed by atoms with van der Waals surface area (Å²) in [5.41, 5.74) is 3.29. The van der Waals surface area contributed by atoms with E-state index in [4.69, 9.17) is 0 Å².